The van der Waals surface area contributed by atoms with Gasteiger partial charge in [-0.05, 0) is 42.0 Å². The van der Waals surface area contributed by atoms with E-state index < -0.39 is 0 Å². The first-order valence-corrected chi connectivity index (χ1v) is 10.2. The molecule has 2 aromatic rings. The highest BCUT2D eigenvalue weighted by atomic mass is 16.7. The predicted molar refractivity (Wildman–Crippen MR) is 106 cm³/mol. The summed E-state index contributed by atoms with van der Waals surface area (Å²) in [5.41, 5.74) is 2.48. The van der Waals surface area contributed by atoms with Crippen molar-refractivity contribution in [1.29, 1.82) is 0 Å². The van der Waals surface area contributed by atoms with Gasteiger partial charge in [-0.3, -0.25) is 9.69 Å². The molecule has 146 valence electrons. The fourth-order valence-electron chi connectivity index (χ4n) is 4.85. The summed E-state index contributed by atoms with van der Waals surface area (Å²) >= 11 is 0. The second-order valence-electron chi connectivity index (χ2n) is 8.08. The molecule has 2 saturated heterocycles. The molecule has 0 N–H and O–H groups in total. The van der Waals surface area contributed by atoms with Gasteiger partial charge >= 0.3 is 0 Å². The molecule has 0 radical (unpaired) electrons. The summed E-state index contributed by atoms with van der Waals surface area (Å²) in [7, 11) is 0. The van der Waals surface area contributed by atoms with E-state index in [1.807, 2.05) is 12.1 Å². The van der Waals surface area contributed by atoms with E-state index >= 15 is 0 Å². The molecule has 5 rings (SSSR count). The zero-order chi connectivity index (χ0) is 18.9. The fraction of sp³-hybridized carbons (Fsp3) is 0.435. The van der Waals surface area contributed by atoms with E-state index in [1.165, 1.54) is 5.56 Å². The Morgan fingerprint density at radius 2 is 1.79 bits per heavy atom. The fourth-order valence-corrected chi connectivity index (χ4v) is 4.85. The topological polar surface area (TPSA) is 42.0 Å². The third kappa shape index (κ3) is 3.47. The third-order valence-electron chi connectivity index (χ3n) is 6.27. The molecule has 2 fully saturated rings. The molecule has 0 bridgehead atoms. The Hall–Kier alpha value is -2.53. The average molecular weight is 378 g/mol. The second kappa shape index (κ2) is 7.47. The van der Waals surface area contributed by atoms with Gasteiger partial charge in [-0.25, -0.2) is 0 Å². The van der Waals surface area contributed by atoms with Crippen LogP contribution in [0.25, 0.3) is 0 Å². The summed E-state index contributed by atoms with van der Waals surface area (Å²) in [4.78, 5) is 17.4. The zero-order valence-corrected chi connectivity index (χ0v) is 16.0. The van der Waals surface area contributed by atoms with Gasteiger partial charge in [-0.1, -0.05) is 36.4 Å². The van der Waals surface area contributed by atoms with E-state index in [1.54, 1.807) is 0 Å². The Bertz CT molecular complexity index is 854. The average Bonchev–Trinajstić information content (AvgIpc) is 3.19. The lowest BCUT2D eigenvalue weighted by atomic mass is 9.83. The Labute approximate surface area is 165 Å². The Kier molecular flexibility index (Phi) is 4.69. The van der Waals surface area contributed by atoms with Crippen LogP contribution in [0.3, 0.4) is 0 Å². The van der Waals surface area contributed by atoms with Crippen molar-refractivity contribution < 1.29 is 14.3 Å². The van der Waals surface area contributed by atoms with Crippen LogP contribution in [0.5, 0.6) is 11.5 Å². The number of rotatable bonds is 4. The predicted octanol–water partition coefficient (Wildman–Crippen LogP) is 3.43. The number of benzene rings is 2. The Balaban J connectivity index is 1.27. The Morgan fingerprint density at radius 3 is 2.68 bits per heavy atom. The number of carbonyl (C=O) groups is 1. The minimum Gasteiger partial charge on any atom is -0.454 e. The van der Waals surface area contributed by atoms with Crippen LogP contribution in [0, 0.1) is 5.92 Å². The van der Waals surface area contributed by atoms with Crippen molar-refractivity contribution in [2.24, 2.45) is 5.92 Å². The number of nitrogens with zero attached hydrogens (tertiary/aromatic N) is 2. The molecule has 2 aromatic carbocycles. The van der Waals surface area contributed by atoms with Gasteiger partial charge in [0.1, 0.15) is 0 Å². The number of hydrogen-bond acceptors (Lipinski definition) is 4. The lowest BCUT2D eigenvalue weighted by Crippen LogP contribution is -2.55. The van der Waals surface area contributed by atoms with Crippen LogP contribution in [0.4, 0.5) is 0 Å². The summed E-state index contributed by atoms with van der Waals surface area (Å²) in [6, 6.07) is 17.0. The van der Waals surface area contributed by atoms with Crippen LogP contribution in [-0.4, -0.2) is 41.6 Å². The third-order valence-corrected chi connectivity index (χ3v) is 6.27. The second-order valence-corrected chi connectivity index (χ2v) is 8.08. The van der Waals surface area contributed by atoms with Crippen molar-refractivity contribution in [3.8, 4) is 11.5 Å². The molecular weight excluding hydrogens is 352 g/mol. The molecule has 0 aromatic heterocycles. The van der Waals surface area contributed by atoms with E-state index in [9.17, 15) is 4.79 Å². The summed E-state index contributed by atoms with van der Waals surface area (Å²) in [5.74, 6) is 2.43. The highest BCUT2D eigenvalue weighted by Crippen LogP contribution is 2.36. The lowest BCUT2D eigenvalue weighted by molar-refractivity contribution is -0.142. The highest BCUT2D eigenvalue weighted by molar-refractivity contribution is 5.77. The molecule has 3 aliphatic rings. The minimum absolute atomic E-state index is 0.281. The van der Waals surface area contributed by atoms with Crippen LogP contribution in [-0.2, 0) is 17.9 Å². The lowest BCUT2D eigenvalue weighted by Gasteiger charge is -2.47. The van der Waals surface area contributed by atoms with Gasteiger partial charge in [0.05, 0.1) is 0 Å². The van der Waals surface area contributed by atoms with E-state index in [4.69, 9.17) is 9.47 Å². The zero-order valence-electron chi connectivity index (χ0n) is 16.0. The highest BCUT2D eigenvalue weighted by Gasteiger charge is 2.39. The number of likely N-dealkylation sites (tertiary alicyclic amines) is 2. The number of piperidine rings is 2. The van der Waals surface area contributed by atoms with Crippen molar-refractivity contribution in [3.05, 3.63) is 59.7 Å². The maximum Gasteiger partial charge on any atom is 0.231 e. The van der Waals surface area contributed by atoms with Crippen molar-refractivity contribution >= 4 is 5.91 Å². The van der Waals surface area contributed by atoms with Crippen molar-refractivity contribution in [1.82, 2.24) is 9.80 Å². The molecule has 2 atom stereocenters. The van der Waals surface area contributed by atoms with Gasteiger partial charge in [0.15, 0.2) is 11.5 Å². The molecule has 3 heterocycles. The SMILES string of the molecule is O=C1CC[C@@H]2CN(Cc3ccccc3)CC[C@@H]2N1Cc1ccc2c(c1)OCO2. The molecule has 0 saturated carbocycles. The first kappa shape index (κ1) is 17.6. The molecular formula is C23H26N2O3. The number of ether oxygens (including phenoxy) is 2. The first-order chi connectivity index (χ1) is 13.8. The van der Waals surface area contributed by atoms with Crippen LogP contribution in [0.1, 0.15) is 30.4 Å². The van der Waals surface area contributed by atoms with Crippen LogP contribution in [0.15, 0.2) is 48.5 Å². The Morgan fingerprint density at radius 1 is 0.929 bits per heavy atom. The smallest absolute Gasteiger partial charge is 0.231 e. The van der Waals surface area contributed by atoms with Crippen LogP contribution in [0.2, 0.25) is 0 Å². The van der Waals surface area contributed by atoms with E-state index in [0.29, 0.717) is 24.9 Å². The van der Waals surface area contributed by atoms with Gasteiger partial charge < -0.3 is 14.4 Å². The first-order valence-electron chi connectivity index (χ1n) is 10.2. The van der Waals surface area contributed by atoms with Gasteiger partial charge in [0.2, 0.25) is 12.7 Å². The van der Waals surface area contributed by atoms with Crippen LogP contribution < -0.4 is 9.47 Å². The van der Waals surface area contributed by atoms with Gasteiger partial charge in [-0.2, -0.15) is 0 Å². The minimum atomic E-state index is 0.281. The quantitative estimate of drug-likeness (QED) is 0.818. The molecule has 0 unspecified atom stereocenters. The number of carbonyl (C=O) groups excluding carboxylic acids is 1. The van der Waals surface area contributed by atoms with Crippen LogP contribution >= 0.6 is 0 Å². The molecule has 5 heteroatoms. The largest absolute Gasteiger partial charge is 0.454 e. The molecule has 28 heavy (non-hydrogen) atoms. The van der Waals surface area contributed by atoms with E-state index in [-0.39, 0.29) is 12.7 Å². The summed E-state index contributed by atoms with van der Waals surface area (Å²) in [6.45, 7) is 4.06. The molecule has 0 aliphatic carbocycles. The monoisotopic (exact) mass is 378 g/mol. The van der Waals surface area contributed by atoms with Crippen molar-refractivity contribution in [3.63, 3.8) is 0 Å². The molecule has 0 spiro atoms. The molecule has 3 aliphatic heterocycles. The summed E-state index contributed by atoms with van der Waals surface area (Å²) in [6.07, 6.45) is 2.71. The van der Waals surface area contributed by atoms with Crippen molar-refractivity contribution in [2.75, 3.05) is 19.9 Å². The molecule has 5 nitrogen and oxygen atoms in total. The van der Waals surface area contributed by atoms with Gasteiger partial charge in [0, 0.05) is 38.6 Å². The van der Waals surface area contributed by atoms with Gasteiger partial charge in [-0.15, -0.1) is 0 Å². The molecule has 1 amide bonds. The number of fused-ring (bicyclic) bond motifs is 2. The van der Waals surface area contributed by atoms with Crippen molar-refractivity contribution in [2.45, 2.75) is 38.4 Å². The number of hydrogen-bond donors (Lipinski definition) is 0. The standard InChI is InChI=1S/C23H26N2O3/c26-23-9-7-19-15-24(13-17-4-2-1-3-5-17)11-10-20(19)25(23)14-18-6-8-21-22(12-18)28-16-27-21/h1-6,8,12,19-20H,7,9-11,13-16H2/t19-,20+/m1/s1. The van der Waals surface area contributed by atoms with Gasteiger partial charge in [0.25, 0.3) is 0 Å². The number of amides is 1. The maximum absolute atomic E-state index is 12.7. The maximum atomic E-state index is 12.7. The summed E-state index contributed by atoms with van der Waals surface area (Å²) < 4.78 is 10.9. The van der Waals surface area contributed by atoms with E-state index in [0.717, 1.165) is 49.5 Å². The van der Waals surface area contributed by atoms with E-state index in [2.05, 4.69) is 46.2 Å². The summed E-state index contributed by atoms with van der Waals surface area (Å²) in [5, 5.41) is 0. The normalized spacial score (nSPS) is 24.3.